The number of carbonyl (C=O) groups excluding carboxylic acids is 1. The highest BCUT2D eigenvalue weighted by atomic mass is 35.5. The van der Waals surface area contributed by atoms with Crippen LogP contribution in [0.4, 0.5) is 5.69 Å². The lowest BCUT2D eigenvalue weighted by molar-refractivity contribution is -0.118. The Kier molecular flexibility index (Phi) is 3.27. The minimum Gasteiger partial charge on any atom is -0.325 e. The second kappa shape index (κ2) is 4.95. The Morgan fingerprint density at radius 3 is 2.35 bits per heavy atom. The standard InChI is InChI=1S/C17H16ClNO/c1-12-4-2-3-5-15(12)19-16(20)17(10-11-17)13-6-8-14(18)9-7-13/h2-9H,10-11H2,1H3,(H,19,20). The lowest BCUT2D eigenvalue weighted by Crippen LogP contribution is -2.28. The molecule has 0 spiro atoms. The summed E-state index contributed by atoms with van der Waals surface area (Å²) in [6.07, 6.45) is 1.79. The normalized spacial score (nSPS) is 15.7. The molecular formula is C17H16ClNO. The molecule has 0 radical (unpaired) electrons. The molecule has 0 atom stereocenters. The Morgan fingerprint density at radius 1 is 1.10 bits per heavy atom. The minimum absolute atomic E-state index is 0.0779. The van der Waals surface area contributed by atoms with Gasteiger partial charge in [-0.05, 0) is 49.1 Å². The molecule has 0 unspecified atom stereocenters. The van der Waals surface area contributed by atoms with Gasteiger partial charge in [-0.25, -0.2) is 0 Å². The van der Waals surface area contributed by atoms with Gasteiger partial charge in [0.15, 0.2) is 0 Å². The molecule has 2 nitrogen and oxygen atoms in total. The van der Waals surface area contributed by atoms with Crippen molar-refractivity contribution in [2.75, 3.05) is 5.32 Å². The maximum atomic E-state index is 12.6. The second-order valence-corrected chi connectivity index (χ2v) is 5.79. The predicted molar refractivity (Wildman–Crippen MR) is 82.2 cm³/mol. The van der Waals surface area contributed by atoms with Crippen LogP contribution in [0.2, 0.25) is 5.02 Å². The zero-order valence-electron chi connectivity index (χ0n) is 11.3. The first-order valence-electron chi connectivity index (χ1n) is 6.75. The first-order valence-corrected chi connectivity index (χ1v) is 7.13. The second-order valence-electron chi connectivity index (χ2n) is 5.36. The van der Waals surface area contributed by atoms with E-state index in [1.807, 2.05) is 55.5 Å². The van der Waals surface area contributed by atoms with Crippen molar-refractivity contribution in [3.05, 3.63) is 64.7 Å². The van der Waals surface area contributed by atoms with E-state index in [0.717, 1.165) is 29.7 Å². The predicted octanol–water partition coefficient (Wildman–Crippen LogP) is 4.32. The van der Waals surface area contributed by atoms with E-state index >= 15 is 0 Å². The highest BCUT2D eigenvalue weighted by Crippen LogP contribution is 2.49. The van der Waals surface area contributed by atoms with Crippen molar-refractivity contribution in [2.24, 2.45) is 0 Å². The summed E-state index contributed by atoms with van der Waals surface area (Å²) in [5.74, 6) is 0.0779. The average molecular weight is 286 g/mol. The molecule has 1 fully saturated rings. The van der Waals surface area contributed by atoms with Crippen molar-refractivity contribution in [3.8, 4) is 0 Å². The van der Waals surface area contributed by atoms with E-state index in [1.54, 1.807) is 0 Å². The largest absolute Gasteiger partial charge is 0.325 e. The summed E-state index contributed by atoms with van der Waals surface area (Å²) >= 11 is 5.91. The van der Waals surface area contributed by atoms with Gasteiger partial charge in [0.2, 0.25) is 5.91 Å². The van der Waals surface area contributed by atoms with Crippen LogP contribution in [0, 0.1) is 6.92 Å². The van der Waals surface area contributed by atoms with Gasteiger partial charge in [-0.3, -0.25) is 4.79 Å². The van der Waals surface area contributed by atoms with E-state index in [-0.39, 0.29) is 11.3 Å². The van der Waals surface area contributed by atoms with Crippen molar-refractivity contribution >= 4 is 23.2 Å². The van der Waals surface area contributed by atoms with Crippen LogP contribution in [0.5, 0.6) is 0 Å². The smallest absolute Gasteiger partial charge is 0.235 e. The maximum absolute atomic E-state index is 12.6. The molecule has 1 amide bonds. The van der Waals surface area contributed by atoms with Crippen LogP contribution < -0.4 is 5.32 Å². The number of hydrogen-bond donors (Lipinski definition) is 1. The third-order valence-corrected chi connectivity index (χ3v) is 4.23. The number of para-hydroxylation sites is 1. The van der Waals surface area contributed by atoms with Crippen molar-refractivity contribution in [3.63, 3.8) is 0 Å². The van der Waals surface area contributed by atoms with Crippen LogP contribution in [-0.4, -0.2) is 5.91 Å². The molecule has 2 aromatic carbocycles. The third-order valence-electron chi connectivity index (χ3n) is 3.97. The maximum Gasteiger partial charge on any atom is 0.235 e. The Bertz CT molecular complexity index is 644. The molecule has 102 valence electrons. The SMILES string of the molecule is Cc1ccccc1NC(=O)C1(c2ccc(Cl)cc2)CC1. The number of benzene rings is 2. The zero-order valence-corrected chi connectivity index (χ0v) is 12.1. The van der Waals surface area contributed by atoms with Gasteiger partial charge in [0.05, 0.1) is 5.41 Å². The quantitative estimate of drug-likeness (QED) is 0.894. The molecule has 1 saturated carbocycles. The average Bonchev–Trinajstić information content (AvgIpc) is 3.24. The van der Waals surface area contributed by atoms with Gasteiger partial charge < -0.3 is 5.32 Å². The van der Waals surface area contributed by atoms with Crippen LogP contribution in [0.1, 0.15) is 24.0 Å². The summed E-state index contributed by atoms with van der Waals surface area (Å²) in [7, 11) is 0. The van der Waals surface area contributed by atoms with E-state index in [1.165, 1.54) is 0 Å². The highest BCUT2D eigenvalue weighted by Gasteiger charge is 2.51. The first-order chi connectivity index (χ1) is 9.62. The molecule has 0 saturated heterocycles. The Balaban J connectivity index is 1.84. The van der Waals surface area contributed by atoms with Crippen molar-refractivity contribution in [2.45, 2.75) is 25.2 Å². The van der Waals surface area contributed by atoms with Crippen LogP contribution in [-0.2, 0) is 10.2 Å². The first kappa shape index (κ1) is 13.2. The molecule has 1 aliphatic rings. The summed E-state index contributed by atoms with van der Waals surface area (Å²) in [5, 5.41) is 3.75. The molecule has 0 bridgehead atoms. The Hall–Kier alpha value is -1.80. The van der Waals surface area contributed by atoms with E-state index in [0.29, 0.717) is 5.02 Å². The van der Waals surface area contributed by atoms with E-state index in [4.69, 9.17) is 11.6 Å². The van der Waals surface area contributed by atoms with Crippen molar-refractivity contribution in [1.82, 2.24) is 0 Å². The van der Waals surface area contributed by atoms with Gasteiger partial charge in [0.1, 0.15) is 0 Å². The Labute approximate surface area is 123 Å². The summed E-state index contributed by atoms with van der Waals surface area (Å²) in [6, 6.07) is 15.4. The fourth-order valence-corrected chi connectivity index (χ4v) is 2.62. The fourth-order valence-electron chi connectivity index (χ4n) is 2.50. The number of anilines is 1. The fraction of sp³-hybridized carbons (Fsp3) is 0.235. The molecule has 0 aliphatic heterocycles. The third kappa shape index (κ3) is 2.32. The number of amides is 1. The summed E-state index contributed by atoms with van der Waals surface area (Å²) < 4.78 is 0. The highest BCUT2D eigenvalue weighted by molar-refractivity contribution is 6.30. The molecule has 20 heavy (non-hydrogen) atoms. The number of carbonyl (C=O) groups is 1. The number of hydrogen-bond acceptors (Lipinski definition) is 1. The zero-order chi connectivity index (χ0) is 14.2. The molecule has 2 aromatic rings. The Morgan fingerprint density at radius 2 is 1.75 bits per heavy atom. The molecule has 0 aromatic heterocycles. The lowest BCUT2D eigenvalue weighted by Gasteiger charge is -2.17. The van der Waals surface area contributed by atoms with Gasteiger partial charge >= 0.3 is 0 Å². The van der Waals surface area contributed by atoms with E-state index in [2.05, 4.69) is 5.32 Å². The molecule has 0 heterocycles. The molecule has 1 N–H and O–H groups in total. The van der Waals surface area contributed by atoms with Crippen molar-refractivity contribution in [1.29, 1.82) is 0 Å². The number of halogens is 1. The van der Waals surface area contributed by atoms with Gasteiger partial charge in [-0.2, -0.15) is 0 Å². The van der Waals surface area contributed by atoms with E-state index in [9.17, 15) is 4.79 Å². The van der Waals surface area contributed by atoms with Crippen molar-refractivity contribution < 1.29 is 4.79 Å². The van der Waals surface area contributed by atoms with Gasteiger partial charge in [0, 0.05) is 10.7 Å². The monoisotopic (exact) mass is 285 g/mol. The molecule has 3 heteroatoms. The summed E-state index contributed by atoms with van der Waals surface area (Å²) in [6.45, 7) is 2.00. The number of aryl methyl sites for hydroxylation is 1. The van der Waals surface area contributed by atoms with Crippen LogP contribution >= 0.6 is 11.6 Å². The topological polar surface area (TPSA) is 29.1 Å². The van der Waals surface area contributed by atoms with Gasteiger partial charge in [-0.1, -0.05) is 41.9 Å². The van der Waals surface area contributed by atoms with E-state index < -0.39 is 0 Å². The number of rotatable bonds is 3. The summed E-state index contributed by atoms with van der Waals surface area (Å²) in [5.41, 5.74) is 2.64. The minimum atomic E-state index is -0.368. The molecule has 1 aliphatic carbocycles. The molecule has 3 rings (SSSR count). The van der Waals surface area contributed by atoms with Crippen LogP contribution in [0.15, 0.2) is 48.5 Å². The summed E-state index contributed by atoms with van der Waals surface area (Å²) in [4.78, 5) is 12.6. The molecular weight excluding hydrogens is 270 g/mol. The lowest BCUT2D eigenvalue weighted by atomic mass is 9.95. The van der Waals surface area contributed by atoms with Crippen LogP contribution in [0.3, 0.4) is 0 Å². The van der Waals surface area contributed by atoms with Crippen LogP contribution in [0.25, 0.3) is 0 Å². The van der Waals surface area contributed by atoms with Gasteiger partial charge in [0.25, 0.3) is 0 Å². The van der Waals surface area contributed by atoms with Gasteiger partial charge in [-0.15, -0.1) is 0 Å². The number of nitrogens with one attached hydrogen (secondary N) is 1.